The lowest BCUT2D eigenvalue weighted by Crippen LogP contribution is -2.17. The lowest BCUT2D eigenvalue weighted by atomic mass is 10.0. The van der Waals surface area contributed by atoms with Crippen molar-refractivity contribution in [2.75, 3.05) is 18.4 Å². The first-order valence-corrected chi connectivity index (χ1v) is 7.46. The molecule has 1 unspecified atom stereocenters. The topological polar surface area (TPSA) is 78.4 Å². The zero-order valence-electron chi connectivity index (χ0n) is 11.3. The molecule has 1 heterocycles. The summed E-state index contributed by atoms with van der Waals surface area (Å²) in [6.45, 7) is 1.91. The zero-order chi connectivity index (χ0) is 15.4. The molecule has 3 N–H and O–H groups in total. The number of aromatic carboxylic acids is 1. The van der Waals surface area contributed by atoms with E-state index in [2.05, 4.69) is 10.6 Å². The highest BCUT2D eigenvalue weighted by atomic mass is 35.5. The SMILES string of the molecule is O=C(CCC1CCNC1)Nc1c(Cl)cc(Cl)cc1C(=O)O. The van der Waals surface area contributed by atoms with E-state index in [0.29, 0.717) is 12.3 Å². The van der Waals surface area contributed by atoms with Gasteiger partial charge >= 0.3 is 5.97 Å². The minimum Gasteiger partial charge on any atom is -0.478 e. The molecular formula is C14H16Cl2N2O3. The molecule has 1 aromatic rings. The molecule has 0 aromatic heterocycles. The predicted octanol–water partition coefficient (Wildman–Crippen LogP) is 3.02. The Morgan fingerprint density at radius 2 is 2.14 bits per heavy atom. The predicted molar refractivity (Wildman–Crippen MR) is 82.3 cm³/mol. The number of halogens is 2. The highest BCUT2D eigenvalue weighted by Crippen LogP contribution is 2.30. The second-order valence-electron chi connectivity index (χ2n) is 5.06. The Morgan fingerprint density at radius 1 is 1.38 bits per heavy atom. The van der Waals surface area contributed by atoms with Crippen molar-refractivity contribution < 1.29 is 14.7 Å². The van der Waals surface area contributed by atoms with E-state index in [1.54, 1.807) is 0 Å². The monoisotopic (exact) mass is 330 g/mol. The van der Waals surface area contributed by atoms with Gasteiger partial charge in [0.1, 0.15) is 0 Å². The third-order valence-corrected chi connectivity index (χ3v) is 4.01. The number of amides is 1. The number of rotatable bonds is 5. The third-order valence-electron chi connectivity index (χ3n) is 3.49. The van der Waals surface area contributed by atoms with Crippen LogP contribution in [0, 0.1) is 5.92 Å². The van der Waals surface area contributed by atoms with Crippen LogP contribution in [0.4, 0.5) is 5.69 Å². The molecule has 0 bridgehead atoms. The molecule has 1 atom stereocenters. The minimum atomic E-state index is -1.19. The molecule has 7 heteroatoms. The van der Waals surface area contributed by atoms with Gasteiger partial charge in [-0.2, -0.15) is 0 Å². The highest BCUT2D eigenvalue weighted by Gasteiger charge is 2.19. The normalized spacial score (nSPS) is 17.7. The molecule has 1 amide bonds. The average molecular weight is 331 g/mol. The Labute approximate surface area is 132 Å². The van der Waals surface area contributed by atoms with Gasteiger partial charge in [0.2, 0.25) is 5.91 Å². The second kappa shape index (κ2) is 7.11. The molecule has 0 spiro atoms. The van der Waals surface area contributed by atoms with E-state index in [9.17, 15) is 9.59 Å². The van der Waals surface area contributed by atoms with Crippen molar-refractivity contribution >= 4 is 40.8 Å². The van der Waals surface area contributed by atoms with Crippen LogP contribution in [0.3, 0.4) is 0 Å². The van der Waals surface area contributed by atoms with Crippen LogP contribution in [-0.4, -0.2) is 30.1 Å². The number of carbonyl (C=O) groups excluding carboxylic acids is 1. The van der Waals surface area contributed by atoms with E-state index in [0.717, 1.165) is 25.9 Å². The lowest BCUT2D eigenvalue weighted by molar-refractivity contribution is -0.116. The van der Waals surface area contributed by atoms with E-state index in [4.69, 9.17) is 28.3 Å². The van der Waals surface area contributed by atoms with Gasteiger partial charge in [0.05, 0.1) is 16.3 Å². The van der Waals surface area contributed by atoms with Gasteiger partial charge in [-0.25, -0.2) is 4.79 Å². The highest BCUT2D eigenvalue weighted by molar-refractivity contribution is 6.37. The van der Waals surface area contributed by atoms with Crippen LogP contribution in [0.1, 0.15) is 29.6 Å². The van der Waals surface area contributed by atoms with Crippen LogP contribution >= 0.6 is 23.2 Å². The largest absolute Gasteiger partial charge is 0.478 e. The van der Waals surface area contributed by atoms with Crippen molar-refractivity contribution in [3.63, 3.8) is 0 Å². The quantitative estimate of drug-likeness (QED) is 0.775. The molecule has 1 aromatic carbocycles. The molecule has 21 heavy (non-hydrogen) atoms. The summed E-state index contributed by atoms with van der Waals surface area (Å²) in [5, 5.41) is 15.3. The number of nitrogens with one attached hydrogen (secondary N) is 2. The maximum Gasteiger partial charge on any atom is 0.337 e. The first-order valence-electron chi connectivity index (χ1n) is 6.70. The fourth-order valence-corrected chi connectivity index (χ4v) is 2.91. The third kappa shape index (κ3) is 4.33. The summed E-state index contributed by atoms with van der Waals surface area (Å²) >= 11 is 11.8. The first kappa shape index (κ1) is 16.1. The van der Waals surface area contributed by atoms with Crippen molar-refractivity contribution in [3.05, 3.63) is 27.7 Å². The summed E-state index contributed by atoms with van der Waals surface area (Å²) < 4.78 is 0. The van der Waals surface area contributed by atoms with Crippen LogP contribution in [0.15, 0.2) is 12.1 Å². The van der Waals surface area contributed by atoms with Crippen molar-refractivity contribution in [1.29, 1.82) is 0 Å². The first-order chi connectivity index (χ1) is 9.97. The summed E-state index contributed by atoms with van der Waals surface area (Å²) in [7, 11) is 0. The number of hydrogen-bond donors (Lipinski definition) is 3. The van der Waals surface area contributed by atoms with Crippen LogP contribution < -0.4 is 10.6 Å². The number of carboxylic acids is 1. The van der Waals surface area contributed by atoms with Gasteiger partial charge in [-0.3, -0.25) is 4.79 Å². The van der Waals surface area contributed by atoms with Crippen LogP contribution in [0.2, 0.25) is 10.0 Å². The number of benzene rings is 1. The summed E-state index contributed by atoms with van der Waals surface area (Å²) in [4.78, 5) is 23.2. The number of carboxylic acid groups (broad SMARTS) is 1. The second-order valence-corrected chi connectivity index (χ2v) is 5.90. The Morgan fingerprint density at radius 3 is 2.76 bits per heavy atom. The van der Waals surface area contributed by atoms with Crippen molar-refractivity contribution in [2.24, 2.45) is 5.92 Å². The van der Waals surface area contributed by atoms with Crippen molar-refractivity contribution in [1.82, 2.24) is 5.32 Å². The fraction of sp³-hybridized carbons (Fsp3) is 0.429. The molecule has 1 aliphatic heterocycles. The molecular weight excluding hydrogens is 315 g/mol. The Bertz CT molecular complexity index is 557. The summed E-state index contributed by atoms with van der Waals surface area (Å²) in [5.41, 5.74) is -0.00787. The van der Waals surface area contributed by atoms with Gasteiger partial charge in [0.15, 0.2) is 0 Å². The van der Waals surface area contributed by atoms with Crippen LogP contribution in [-0.2, 0) is 4.79 Å². The van der Waals surface area contributed by atoms with Crippen molar-refractivity contribution in [2.45, 2.75) is 19.3 Å². The Balaban J connectivity index is 2.04. The number of hydrogen-bond acceptors (Lipinski definition) is 3. The van der Waals surface area contributed by atoms with Gasteiger partial charge in [-0.1, -0.05) is 23.2 Å². The van der Waals surface area contributed by atoms with Crippen LogP contribution in [0.5, 0.6) is 0 Å². The average Bonchev–Trinajstić information content (AvgIpc) is 2.92. The van der Waals surface area contributed by atoms with E-state index in [1.807, 2.05) is 0 Å². The molecule has 114 valence electrons. The van der Waals surface area contributed by atoms with Gasteiger partial charge in [0, 0.05) is 11.4 Å². The molecule has 0 saturated carbocycles. The van der Waals surface area contributed by atoms with Gasteiger partial charge in [-0.15, -0.1) is 0 Å². The summed E-state index contributed by atoms with van der Waals surface area (Å²) in [5.74, 6) is -0.932. The molecule has 0 aliphatic carbocycles. The van der Waals surface area contributed by atoms with E-state index in [1.165, 1.54) is 12.1 Å². The molecule has 5 nitrogen and oxygen atoms in total. The molecule has 0 radical (unpaired) electrons. The van der Waals surface area contributed by atoms with E-state index in [-0.39, 0.29) is 27.2 Å². The lowest BCUT2D eigenvalue weighted by Gasteiger charge is -2.12. The molecule has 1 aliphatic rings. The minimum absolute atomic E-state index is 0.100. The maximum atomic E-state index is 12.0. The number of carbonyl (C=O) groups is 2. The molecule has 1 saturated heterocycles. The van der Waals surface area contributed by atoms with Gasteiger partial charge in [-0.05, 0) is 44.0 Å². The van der Waals surface area contributed by atoms with E-state index < -0.39 is 5.97 Å². The Hall–Kier alpha value is -1.30. The summed E-state index contributed by atoms with van der Waals surface area (Å²) in [6, 6.07) is 2.68. The fourth-order valence-electron chi connectivity index (χ4n) is 2.37. The van der Waals surface area contributed by atoms with Gasteiger partial charge < -0.3 is 15.7 Å². The molecule has 1 fully saturated rings. The standard InChI is InChI=1S/C14H16Cl2N2O3/c15-9-5-10(14(20)21)13(11(16)6-9)18-12(19)2-1-8-3-4-17-7-8/h5-6,8,17H,1-4,7H2,(H,18,19)(H,20,21). The van der Waals surface area contributed by atoms with Crippen LogP contribution in [0.25, 0.3) is 0 Å². The van der Waals surface area contributed by atoms with Gasteiger partial charge in [0.25, 0.3) is 0 Å². The summed E-state index contributed by atoms with van der Waals surface area (Å²) in [6.07, 6.45) is 2.17. The smallest absolute Gasteiger partial charge is 0.337 e. The van der Waals surface area contributed by atoms with Crippen molar-refractivity contribution in [3.8, 4) is 0 Å². The van der Waals surface area contributed by atoms with E-state index >= 15 is 0 Å². The number of anilines is 1. The Kier molecular flexibility index (Phi) is 5.45. The molecule has 2 rings (SSSR count). The zero-order valence-corrected chi connectivity index (χ0v) is 12.8. The maximum absolute atomic E-state index is 12.0.